The average molecular weight is 893 g/mol. The van der Waals surface area contributed by atoms with Crippen molar-refractivity contribution in [2.75, 3.05) is 0 Å². The van der Waals surface area contributed by atoms with Gasteiger partial charge >= 0.3 is 0 Å². The van der Waals surface area contributed by atoms with E-state index < -0.39 is 5.66 Å². The minimum atomic E-state index is -0.929. The van der Waals surface area contributed by atoms with Crippen LogP contribution in [0.3, 0.4) is 0 Å². The predicted octanol–water partition coefficient (Wildman–Crippen LogP) is 16.4. The number of aromatic nitrogens is 1. The van der Waals surface area contributed by atoms with E-state index in [1.54, 1.807) is 11.3 Å². The van der Waals surface area contributed by atoms with Gasteiger partial charge < -0.3 is 14.3 Å². The molecule has 0 saturated carbocycles. The molecule has 1 N–H and O–H groups in total. The SMILES string of the molecule is CC1(c2cccc3c2sc2ccccc23)N=C(c2cccc3c2sc2ccccc23)N=C(c2cc(-n3c4cc5ccccc5cc4c4ccc5ccccc5c43)cc3c2oc2ccccc23)N1. The molecule has 15 rings (SSSR count). The van der Waals surface area contributed by atoms with E-state index in [-0.39, 0.29) is 0 Å². The molecule has 0 aliphatic carbocycles. The Morgan fingerprint density at radius 2 is 1.13 bits per heavy atom. The van der Waals surface area contributed by atoms with Gasteiger partial charge in [-0.05, 0) is 71.6 Å². The number of nitrogens with one attached hydrogen (secondary N) is 1. The Balaban J connectivity index is 1.05. The van der Waals surface area contributed by atoms with Crippen molar-refractivity contribution in [3.8, 4) is 5.69 Å². The highest BCUT2D eigenvalue weighted by molar-refractivity contribution is 7.26. The maximum Gasteiger partial charge on any atom is 0.161 e. The maximum atomic E-state index is 6.98. The fraction of sp³-hybridized carbons (Fsp3) is 0.0333. The van der Waals surface area contributed by atoms with Gasteiger partial charge in [0, 0.05) is 84.1 Å². The molecule has 5 heterocycles. The van der Waals surface area contributed by atoms with Gasteiger partial charge in [-0.1, -0.05) is 146 Å². The summed E-state index contributed by atoms with van der Waals surface area (Å²) in [5.41, 5.74) is 6.97. The second-order valence-corrected chi connectivity index (χ2v) is 20.0. The van der Waals surface area contributed by atoms with Crippen LogP contribution >= 0.6 is 22.7 Å². The Morgan fingerprint density at radius 1 is 0.493 bits per heavy atom. The van der Waals surface area contributed by atoms with Crippen LogP contribution in [0.1, 0.15) is 23.6 Å². The summed E-state index contributed by atoms with van der Waals surface area (Å²) >= 11 is 3.62. The van der Waals surface area contributed by atoms with Gasteiger partial charge in [-0.3, -0.25) is 0 Å². The van der Waals surface area contributed by atoms with Crippen LogP contribution in [0.5, 0.6) is 0 Å². The summed E-state index contributed by atoms with van der Waals surface area (Å²) in [4.78, 5) is 11.3. The van der Waals surface area contributed by atoms with Gasteiger partial charge in [-0.2, -0.15) is 0 Å². The van der Waals surface area contributed by atoms with Crippen LogP contribution in [0.15, 0.2) is 209 Å². The van der Waals surface area contributed by atoms with Gasteiger partial charge in [-0.15, -0.1) is 22.7 Å². The molecule has 0 spiro atoms. The molecular weight excluding hydrogens is 857 g/mol. The highest BCUT2D eigenvalue weighted by Gasteiger charge is 2.36. The zero-order chi connectivity index (χ0) is 44.0. The molecule has 0 radical (unpaired) electrons. The number of fused-ring (bicyclic) bond motifs is 15. The molecule has 1 aliphatic heterocycles. The molecule has 14 aromatic rings. The Hall–Kier alpha value is -8.10. The van der Waals surface area contributed by atoms with E-state index in [0.717, 1.165) is 49.8 Å². The number of thiophene rings is 2. The molecule has 67 heavy (non-hydrogen) atoms. The Kier molecular flexibility index (Phi) is 7.61. The van der Waals surface area contributed by atoms with Gasteiger partial charge in [0.05, 0.1) is 16.6 Å². The van der Waals surface area contributed by atoms with E-state index >= 15 is 0 Å². The van der Waals surface area contributed by atoms with Crippen LogP contribution in [0.25, 0.3) is 111 Å². The molecule has 0 amide bonds. The predicted molar refractivity (Wildman–Crippen MR) is 285 cm³/mol. The van der Waals surface area contributed by atoms with Crippen LogP contribution < -0.4 is 5.32 Å². The zero-order valence-corrected chi connectivity index (χ0v) is 37.7. The third kappa shape index (κ3) is 5.35. The normalized spacial score (nSPS) is 15.6. The van der Waals surface area contributed by atoms with Crippen molar-refractivity contribution < 1.29 is 4.42 Å². The van der Waals surface area contributed by atoms with E-state index in [4.69, 9.17) is 14.4 Å². The molecule has 1 unspecified atom stereocenters. The molecule has 1 aliphatic rings. The van der Waals surface area contributed by atoms with Crippen molar-refractivity contribution in [1.29, 1.82) is 0 Å². The lowest BCUT2D eigenvalue weighted by molar-refractivity contribution is 0.459. The Labute approximate surface area is 391 Å². The van der Waals surface area contributed by atoms with Crippen LogP contribution in [0.2, 0.25) is 0 Å². The standard InChI is InChI=1S/C60H36N4OS2/c1-60(49-24-13-22-44-41-20-8-11-27-53(41)67-57(44)49)62-58(45-23-12-21-43-40-19-7-10-26-52(40)66-56(43)45)61-59(63-60)48-33-37(32-47-39-18-6-9-25-51(39)65-55(47)48)64-50-31-36-16-3-2-15-35(36)30-46(50)42-29-28-34-14-4-5-17-38(34)54(42)64/h2-33H,1H3,(H,61,62,63). The average Bonchev–Trinajstić information content (AvgIpc) is 4.14. The summed E-state index contributed by atoms with van der Waals surface area (Å²) in [6.45, 7) is 2.20. The fourth-order valence-electron chi connectivity index (χ4n) is 10.9. The maximum absolute atomic E-state index is 6.98. The van der Waals surface area contributed by atoms with Crippen LogP contribution in [0.4, 0.5) is 0 Å². The highest BCUT2D eigenvalue weighted by atomic mass is 32.1. The first-order valence-electron chi connectivity index (χ1n) is 22.6. The number of rotatable bonds is 4. The minimum Gasteiger partial charge on any atom is -0.455 e. The molecule has 10 aromatic carbocycles. The number of hydrogen-bond donors (Lipinski definition) is 1. The first-order valence-corrected chi connectivity index (χ1v) is 24.3. The summed E-state index contributed by atoms with van der Waals surface area (Å²) in [7, 11) is 0. The topological polar surface area (TPSA) is 54.8 Å². The number of nitrogens with zero attached hydrogens (tertiary/aromatic N) is 3. The smallest absolute Gasteiger partial charge is 0.161 e. The molecule has 0 fully saturated rings. The molecule has 0 saturated heterocycles. The van der Waals surface area contributed by atoms with Crippen molar-refractivity contribution in [2.24, 2.45) is 9.98 Å². The van der Waals surface area contributed by atoms with Crippen LogP contribution in [-0.2, 0) is 5.66 Å². The zero-order valence-electron chi connectivity index (χ0n) is 36.0. The lowest BCUT2D eigenvalue weighted by Gasteiger charge is -2.33. The van der Waals surface area contributed by atoms with E-state index in [0.29, 0.717) is 11.7 Å². The second-order valence-electron chi connectivity index (χ2n) is 17.9. The largest absolute Gasteiger partial charge is 0.455 e. The quantitative estimate of drug-likeness (QED) is 0.191. The van der Waals surface area contributed by atoms with Gasteiger partial charge in [0.1, 0.15) is 17.0 Å². The number of benzene rings is 10. The van der Waals surface area contributed by atoms with E-state index in [1.807, 2.05) is 17.4 Å². The first kappa shape index (κ1) is 37.2. The number of furan rings is 1. The van der Waals surface area contributed by atoms with E-state index in [9.17, 15) is 0 Å². The highest BCUT2D eigenvalue weighted by Crippen LogP contribution is 2.45. The molecular formula is C60H36N4OS2. The minimum absolute atomic E-state index is 0.676. The lowest BCUT2D eigenvalue weighted by Crippen LogP contribution is -2.46. The summed E-state index contributed by atoms with van der Waals surface area (Å²) in [6.07, 6.45) is 0. The molecule has 4 aromatic heterocycles. The van der Waals surface area contributed by atoms with Gasteiger partial charge in [0.2, 0.25) is 0 Å². The Bertz CT molecular complexity index is 4530. The third-order valence-corrected chi connectivity index (χ3v) is 16.4. The van der Waals surface area contributed by atoms with Crippen LogP contribution in [-0.4, -0.2) is 16.2 Å². The monoisotopic (exact) mass is 892 g/mol. The van der Waals surface area contributed by atoms with Gasteiger partial charge in [-0.25, -0.2) is 9.98 Å². The Morgan fingerprint density at radius 3 is 1.94 bits per heavy atom. The summed E-state index contributed by atoms with van der Waals surface area (Å²) < 4.78 is 14.3. The number of hydrogen-bond acceptors (Lipinski definition) is 6. The molecule has 1 atom stereocenters. The van der Waals surface area contributed by atoms with E-state index in [1.165, 1.54) is 78.2 Å². The van der Waals surface area contributed by atoms with Crippen molar-refractivity contribution in [3.63, 3.8) is 0 Å². The number of para-hydroxylation sites is 1. The molecule has 314 valence electrons. The summed E-state index contributed by atoms with van der Waals surface area (Å²) in [6, 6.07) is 70.2. The second kappa shape index (κ2) is 13.7. The first-order chi connectivity index (χ1) is 33.0. The molecule has 7 heteroatoms. The van der Waals surface area contributed by atoms with E-state index in [2.05, 4.69) is 205 Å². The van der Waals surface area contributed by atoms with Crippen molar-refractivity contribution in [3.05, 3.63) is 211 Å². The number of aliphatic imine (C=N–C) groups is 2. The summed E-state index contributed by atoms with van der Waals surface area (Å²) in [5.74, 6) is 1.38. The third-order valence-electron chi connectivity index (χ3n) is 14.0. The number of amidine groups is 2. The fourth-order valence-corrected chi connectivity index (χ4v) is 13.4. The molecule has 5 nitrogen and oxygen atoms in total. The van der Waals surface area contributed by atoms with Crippen molar-refractivity contribution >= 4 is 140 Å². The summed E-state index contributed by atoms with van der Waals surface area (Å²) in [5, 5.41) is 18.2. The molecule has 0 bridgehead atoms. The van der Waals surface area contributed by atoms with Gasteiger partial charge in [0.15, 0.2) is 11.5 Å². The van der Waals surface area contributed by atoms with Gasteiger partial charge in [0.25, 0.3) is 0 Å². The van der Waals surface area contributed by atoms with Crippen molar-refractivity contribution in [1.82, 2.24) is 9.88 Å². The van der Waals surface area contributed by atoms with Crippen molar-refractivity contribution in [2.45, 2.75) is 12.6 Å². The van der Waals surface area contributed by atoms with Crippen LogP contribution in [0, 0.1) is 0 Å². The lowest BCUT2D eigenvalue weighted by atomic mass is 9.96.